The zero-order valence-corrected chi connectivity index (χ0v) is 19.6. The fourth-order valence-corrected chi connectivity index (χ4v) is 5.18. The Morgan fingerprint density at radius 1 is 1.10 bits per heavy atom. The highest BCUT2D eigenvalue weighted by Gasteiger charge is 2.21. The van der Waals surface area contributed by atoms with E-state index in [4.69, 9.17) is 10.5 Å². The lowest BCUT2D eigenvalue weighted by molar-refractivity contribution is 0.298. The van der Waals surface area contributed by atoms with Gasteiger partial charge in [0.25, 0.3) is 0 Å². The molecule has 7 nitrogen and oxygen atoms in total. The van der Waals surface area contributed by atoms with E-state index in [2.05, 4.69) is 4.72 Å². The Labute approximate surface area is 188 Å². The number of nitrogens with two attached hydrogens (primary N) is 1. The molecule has 0 bridgehead atoms. The first kappa shape index (κ1) is 27.1. The molecule has 0 aliphatic rings. The highest BCUT2D eigenvalue weighted by atomic mass is 35.5. The maximum atomic E-state index is 13.7. The molecular formula is C20H26ClFN2O5S2. The zero-order chi connectivity index (χ0) is 22.4. The van der Waals surface area contributed by atoms with Crippen LogP contribution in [0.4, 0.5) is 4.39 Å². The van der Waals surface area contributed by atoms with Crippen molar-refractivity contribution in [3.63, 3.8) is 0 Å². The number of benzene rings is 2. The van der Waals surface area contributed by atoms with Crippen LogP contribution in [-0.2, 0) is 26.5 Å². The zero-order valence-electron chi connectivity index (χ0n) is 17.1. The van der Waals surface area contributed by atoms with Crippen LogP contribution in [0.25, 0.3) is 0 Å². The van der Waals surface area contributed by atoms with Gasteiger partial charge in [-0.3, -0.25) is 0 Å². The SMILES string of the molecule is CC(C)NS(=O)(=O)c1ccc(COc2ccccc2S(=O)(=O)CC(F)=CCN)cc1.Cl. The van der Waals surface area contributed by atoms with Crippen LogP contribution in [0, 0.1) is 0 Å². The fraction of sp³-hybridized carbons (Fsp3) is 0.300. The molecule has 0 heterocycles. The normalized spacial score (nSPS) is 12.5. The van der Waals surface area contributed by atoms with Gasteiger partial charge >= 0.3 is 0 Å². The van der Waals surface area contributed by atoms with Crippen LogP contribution < -0.4 is 15.2 Å². The second kappa shape index (κ2) is 11.6. The van der Waals surface area contributed by atoms with Crippen molar-refractivity contribution < 1.29 is 26.0 Å². The number of nitrogens with one attached hydrogen (secondary N) is 1. The standard InChI is InChI=1S/C20H25FN2O5S2.ClH/c1-15(2)23-30(26,27)18-9-7-16(8-10-18)13-28-19-5-3-4-6-20(19)29(24,25)14-17(21)11-12-22;/h3-11,15,23H,12-14,22H2,1-2H3;1H. The van der Waals surface area contributed by atoms with Crippen molar-refractivity contribution in [2.45, 2.75) is 36.3 Å². The van der Waals surface area contributed by atoms with Gasteiger partial charge in [-0.2, -0.15) is 0 Å². The van der Waals surface area contributed by atoms with Gasteiger partial charge in [-0.15, -0.1) is 12.4 Å². The van der Waals surface area contributed by atoms with Gasteiger partial charge in [0, 0.05) is 12.6 Å². The Balaban J connectivity index is 0.00000480. The van der Waals surface area contributed by atoms with Crippen molar-refractivity contribution >= 4 is 32.3 Å². The minimum Gasteiger partial charge on any atom is -0.488 e. The van der Waals surface area contributed by atoms with Crippen molar-refractivity contribution in [3.8, 4) is 5.75 Å². The molecule has 0 amide bonds. The highest BCUT2D eigenvalue weighted by molar-refractivity contribution is 7.91. The molecule has 2 rings (SSSR count). The first-order valence-corrected chi connectivity index (χ1v) is 12.3. The molecule has 2 aromatic carbocycles. The number of halogens is 2. The number of sulfone groups is 1. The van der Waals surface area contributed by atoms with Gasteiger partial charge in [-0.1, -0.05) is 24.3 Å². The molecule has 0 unspecified atom stereocenters. The summed E-state index contributed by atoms with van der Waals surface area (Å²) in [5.74, 6) is -1.56. The predicted molar refractivity (Wildman–Crippen MR) is 120 cm³/mol. The molecule has 172 valence electrons. The minimum atomic E-state index is -3.97. The summed E-state index contributed by atoms with van der Waals surface area (Å²) in [6, 6.07) is 11.8. The van der Waals surface area contributed by atoms with Crippen LogP contribution in [-0.4, -0.2) is 35.2 Å². The van der Waals surface area contributed by atoms with Crippen molar-refractivity contribution in [3.05, 3.63) is 66.0 Å². The number of rotatable bonds is 10. The van der Waals surface area contributed by atoms with Gasteiger partial charge < -0.3 is 10.5 Å². The first-order chi connectivity index (χ1) is 14.0. The molecule has 0 aliphatic heterocycles. The third-order valence-electron chi connectivity index (χ3n) is 3.87. The maximum absolute atomic E-state index is 13.7. The van der Waals surface area contributed by atoms with Crippen molar-refractivity contribution in [2.24, 2.45) is 5.73 Å². The van der Waals surface area contributed by atoms with E-state index in [-0.39, 0.29) is 47.1 Å². The molecule has 0 radical (unpaired) electrons. The third-order valence-corrected chi connectivity index (χ3v) is 7.21. The predicted octanol–water partition coefficient (Wildman–Crippen LogP) is 2.96. The molecular weight excluding hydrogens is 467 g/mol. The van der Waals surface area contributed by atoms with Gasteiger partial charge in [-0.05, 0) is 49.8 Å². The van der Waals surface area contributed by atoms with E-state index in [1.807, 2.05) is 0 Å². The van der Waals surface area contributed by atoms with Crippen molar-refractivity contribution in [1.82, 2.24) is 4.72 Å². The molecule has 0 atom stereocenters. The molecule has 0 aliphatic carbocycles. The van der Waals surface area contributed by atoms with E-state index in [0.717, 1.165) is 6.08 Å². The number of hydrogen-bond donors (Lipinski definition) is 2. The first-order valence-electron chi connectivity index (χ1n) is 9.15. The lowest BCUT2D eigenvalue weighted by Gasteiger charge is -2.13. The average molecular weight is 493 g/mol. The van der Waals surface area contributed by atoms with E-state index in [1.54, 1.807) is 32.0 Å². The number of para-hydroxylation sites is 1. The summed E-state index contributed by atoms with van der Waals surface area (Å²) in [5.41, 5.74) is 5.85. The largest absolute Gasteiger partial charge is 0.488 e. The quantitative estimate of drug-likeness (QED) is 0.526. The van der Waals surface area contributed by atoms with E-state index in [0.29, 0.717) is 5.56 Å². The van der Waals surface area contributed by atoms with Crippen LogP contribution in [0.1, 0.15) is 19.4 Å². The molecule has 0 aromatic heterocycles. The van der Waals surface area contributed by atoms with Crippen LogP contribution >= 0.6 is 12.4 Å². The van der Waals surface area contributed by atoms with Crippen LogP contribution in [0.15, 0.2) is 70.2 Å². The smallest absolute Gasteiger partial charge is 0.240 e. The van der Waals surface area contributed by atoms with E-state index < -0.39 is 31.4 Å². The van der Waals surface area contributed by atoms with Crippen LogP contribution in [0.5, 0.6) is 5.75 Å². The van der Waals surface area contributed by atoms with E-state index in [1.165, 1.54) is 30.3 Å². The molecule has 3 N–H and O–H groups in total. The molecule has 0 saturated carbocycles. The van der Waals surface area contributed by atoms with E-state index in [9.17, 15) is 21.2 Å². The topological polar surface area (TPSA) is 116 Å². The second-order valence-corrected chi connectivity index (χ2v) is 10.5. The molecule has 2 aromatic rings. The van der Waals surface area contributed by atoms with Gasteiger partial charge in [0.2, 0.25) is 10.0 Å². The van der Waals surface area contributed by atoms with Gasteiger partial charge in [0.1, 0.15) is 28.8 Å². The van der Waals surface area contributed by atoms with E-state index >= 15 is 0 Å². The summed E-state index contributed by atoms with van der Waals surface area (Å²) in [6.07, 6.45) is 1.00. The number of hydrogen-bond acceptors (Lipinski definition) is 6. The Morgan fingerprint density at radius 3 is 2.29 bits per heavy atom. The summed E-state index contributed by atoms with van der Waals surface area (Å²) < 4.78 is 71.2. The summed E-state index contributed by atoms with van der Waals surface area (Å²) in [5, 5.41) is 0. The Morgan fingerprint density at radius 2 is 1.71 bits per heavy atom. The fourth-order valence-electron chi connectivity index (χ4n) is 2.58. The van der Waals surface area contributed by atoms with Gasteiger partial charge in [-0.25, -0.2) is 25.9 Å². The monoisotopic (exact) mass is 492 g/mol. The third kappa shape index (κ3) is 7.89. The maximum Gasteiger partial charge on any atom is 0.240 e. The molecule has 31 heavy (non-hydrogen) atoms. The number of ether oxygens (including phenoxy) is 1. The van der Waals surface area contributed by atoms with Crippen molar-refractivity contribution in [1.29, 1.82) is 0 Å². The molecule has 0 saturated heterocycles. The summed E-state index contributed by atoms with van der Waals surface area (Å²) in [4.78, 5) is -0.0176. The Bertz CT molecular complexity index is 1100. The van der Waals surface area contributed by atoms with Gasteiger partial charge in [0.15, 0.2) is 9.84 Å². The lowest BCUT2D eigenvalue weighted by atomic mass is 10.2. The Kier molecular flexibility index (Phi) is 10.1. The molecule has 11 heteroatoms. The lowest BCUT2D eigenvalue weighted by Crippen LogP contribution is -2.30. The summed E-state index contributed by atoms with van der Waals surface area (Å²) in [6.45, 7) is 3.36. The summed E-state index contributed by atoms with van der Waals surface area (Å²) >= 11 is 0. The minimum absolute atomic E-state index is 0. The van der Waals surface area contributed by atoms with Gasteiger partial charge in [0.05, 0.1) is 4.90 Å². The van der Waals surface area contributed by atoms with Crippen LogP contribution in [0.2, 0.25) is 0 Å². The van der Waals surface area contributed by atoms with Crippen molar-refractivity contribution in [2.75, 3.05) is 12.3 Å². The number of sulfonamides is 1. The molecule has 0 spiro atoms. The average Bonchev–Trinajstić information content (AvgIpc) is 2.65. The van der Waals surface area contributed by atoms with Crippen LogP contribution in [0.3, 0.4) is 0 Å². The second-order valence-electron chi connectivity index (χ2n) is 6.80. The highest BCUT2D eigenvalue weighted by Crippen LogP contribution is 2.27. The summed E-state index contributed by atoms with van der Waals surface area (Å²) in [7, 11) is -7.57. The molecule has 0 fully saturated rings. The Hall–Kier alpha value is -1.98.